The molecule has 2 N–H and O–H groups in total. The second kappa shape index (κ2) is 5.38. The van der Waals surface area contributed by atoms with Gasteiger partial charge in [-0.25, -0.2) is 0 Å². The van der Waals surface area contributed by atoms with Gasteiger partial charge in [-0.1, -0.05) is 12.1 Å². The Balaban J connectivity index is 2.61. The molecule has 1 aromatic rings. The van der Waals surface area contributed by atoms with E-state index in [0.29, 0.717) is 6.42 Å². The Morgan fingerprint density at radius 3 is 2.40 bits per heavy atom. The van der Waals surface area contributed by atoms with Crippen molar-refractivity contribution < 1.29 is 4.74 Å². The maximum Gasteiger partial charge on any atom is 0.119 e. The average molecular weight is 204 g/mol. The largest absolute Gasteiger partial charge is 0.491 e. The van der Waals surface area contributed by atoms with Crippen LogP contribution in [0.15, 0.2) is 24.3 Å². The molecule has 0 unspecified atom stereocenters. The van der Waals surface area contributed by atoms with Crippen molar-refractivity contribution in [1.29, 1.82) is 5.26 Å². The SMILES string of the molecule is CC(C)Oc1ccc(C[C@H](N)C#N)cc1. The van der Waals surface area contributed by atoms with Crippen molar-refractivity contribution in [2.45, 2.75) is 32.4 Å². The molecule has 0 bridgehead atoms. The minimum absolute atomic E-state index is 0.178. The number of hydrogen-bond donors (Lipinski definition) is 1. The molecule has 15 heavy (non-hydrogen) atoms. The van der Waals surface area contributed by atoms with Gasteiger partial charge < -0.3 is 10.5 Å². The Kier molecular flexibility index (Phi) is 4.14. The zero-order valence-corrected chi connectivity index (χ0v) is 9.10. The topological polar surface area (TPSA) is 59.0 Å². The highest BCUT2D eigenvalue weighted by Crippen LogP contribution is 2.14. The first kappa shape index (κ1) is 11.5. The summed E-state index contributed by atoms with van der Waals surface area (Å²) in [6.45, 7) is 3.97. The maximum atomic E-state index is 8.57. The first-order valence-electron chi connectivity index (χ1n) is 5.02. The number of rotatable bonds is 4. The van der Waals surface area contributed by atoms with Crippen molar-refractivity contribution in [3.05, 3.63) is 29.8 Å². The number of nitrogens with two attached hydrogens (primary N) is 1. The van der Waals surface area contributed by atoms with Crippen molar-refractivity contribution in [1.82, 2.24) is 0 Å². The summed E-state index contributed by atoms with van der Waals surface area (Å²) >= 11 is 0. The molecule has 0 heterocycles. The Morgan fingerprint density at radius 2 is 1.93 bits per heavy atom. The molecule has 1 aromatic carbocycles. The van der Waals surface area contributed by atoms with Gasteiger partial charge >= 0.3 is 0 Å². The molecule has 0 fully saturated rings. The van der Waals surface area contributed by atoms with Crippen LogP contribution in [0.4, 0.5) is 0 Å². The highest BCUT2D eigenvalue weighted by Gasteiger charge is 2.02. The summed E-state index contributed by atoms with van der Waals surface area (Å²) in [5.74, 6) is 0.847. The van der Waals surface area contributed by atoms with E-state index in [4.69, 9.17) is 15.7 Å². The fraction of sp³-hybridized carbons (Fsp3) is 0.417. The molecule has 1 rings (SSSR count). The normalized spacial score (nSPS) is 12.2. The van der Waals surface area contributed by atoms with Crippen LogP contribution in [-0.2, 0) is 6.42 Å². The molecule has 3 heteroatoms. The summed E-state index contributed by atoms with van der Waals surface area (Å²) in [4.78, 5) is 0. The summed E-state index contributed by atoms with van der Waals surface area (Å²) in [7, 11) is 0. The predicted octanol–water partition coefficient (Wildman–Crippen LogP) is 1.87. The van der Waals surface area contributed by atoms with E-state index in [1.54, 1.807) is 0 Å². The number of nitrogens with zero attached hydrogens (tertiary/aromatic N) is 1. The van der Waals surface area contributed by atoms with Gasteiger partial charge in [0.25, 0.3) is 0 Å². The molecule has 0 aliphatic carbocycles. The highest BCUT2D eigenvalue weighted by molar-refractivity contribution is 5.28. The molecule has 0 aromatic heterocycles. The lowest BCUT2D eigenvalue weighted by atomic mass is 10.1. The van der Waals surface area contributed by atoms with Crippen LogP contribution in [0, 0.1) is 11.3 Å². The third-order valence-corrected chi connectivity index (χ3v) is 1.92. The molecule has 80 valence electrons. The number of hydrogen-bond acceptors (Lipinski definition) is 3. The van der Waals surface area contributed by atoms with Gasteiger partial charge in [0.15, 0.2) is 0 Å². The summed E-state index contributed by atoms with van der Waals surface area (Å²) in [6.07, 6.45) is 0.760. The summed E-state index contributed by atoms with van der Waals surface area (Å²) in [5.41, 5.74) is 6.59. The molecule has 0 spiro atoms. The molecule has 0 aliphatic heterocycles. The monoisotopic (exact) mass is 204 g/mol. The first-order chi connectivity index (χ1) is 7.11. The van der Waals surface area contributed by atoms with Crippen LogP contribution in [0.5, 0.6) is 5.75 Å². The fourth-order valence-electron chi connectivity index (χ4n) is 1.28. The molecular formula is C12H16N2O. The summed E-state index contributed by atoms with van der Waals surface area (Å²) in [6, 6.07) is 9.26. The molecular weight excluding hydrogens is 188 g/mol. The van der Waals surface area contributed by atoms with Gasteiger partial charge in [-0.3, -0.25) is 0 Å². The van der Waals surface area contributed by atoms with Gasteiger partial charge in [0.1, 0.15) is 5.75 Å². The fourth-order valence-corrected chi connectivity index (χ4v) is 1.28. The van der Waals surface area contributed by atoms with Crippen LogP contribution in [0.1, 0.15) is 19.4 Å². The van der Waals surface area contributed by atoms with Crippen LogP contribution in [-0.4, -0.2) is 12.1 Å². The highest BCUT2D eigenvalue weighted by atomic mass is 16.5. The van der Waals surface area contributed by atoms with Gasteiger partial charge in [0.05, 0.1) is 18.2 Å². The van der Waals surface area contributed by atoms with Crippen LogP contribution in [0.3, 0.4) is 0 Å². The van der Waals surface area contributed by atoms with Crippen molar-refractivity contribution in [3.8, 4) is 11.8 Å². The van der Waals surface area contributed by atoms with Crippen LogP contribution < -0.4 is 10.5 Å². The smallest absolute Gasteiger partial charge is 0.119 e. The van der Waals surface area contributed by atoms with E-state index in [1.165, 1.54) is 0 Å². The zero-order valence-electron chi connectivity index (χ0n) is 9.10. The van der Waals surface area contributed by atoms with Crippen molar-refractivity contribution >= 4 is 0 Å². The Morgan fingerprint density at radius 1 is 1.33 bits per heavy atom. The van der Waals surface area contributed by atoms with Gasteiger partial charge in [-0.2, -0.15) is 5.26 Å². The van der Waals surface area contributed by atoms with Gasteiger partial charge in [-0.15, -0.1) is 0 Å². The van der Waals surface area contributed by atoms with Crippen molar-refractivity contribution in [3.63, 3.8) is 0 Å². The Labute approximate surface area is 90.5 Å². The van der Waals surface area contributed by atoms with E-state index in [-0.39, 0.29) is 6.10 Å². The van der Waals surface area contributed by atoms with E-state index in [0.717, 1.165) is 11.3 Å². The quantitative estimate of drug-likeness (QED) is 0.814. The van der Waals surface area contributed by atoms with Gasteiger partial charge in [0.2, 0.25) is 0 Å². The second-order valence-corrected chi connectivity index (χ2v) is 3.75. The number of nitriles is 1. The zero-order chi connectivity index (χ0) is 11.3. The first-order valence-corrected chi connectivity index (χ1v) is 5.02. The van der Waals surface area contributed by atoms with Crippen LogP contribution >= 0.6 is 0 Å². The second-order valence-electron chi connectivity index (χ2n) is 3.75. The summed E-state index contributed by atoms with van der Waals surface area (Å²) in [5, 5.41) is 8.57. The van der Waals surface area contributed by atoms with E-state index in [2.05, 4.69) is 0 Å². The van der Waals surface area contributed by atoms with E-state index >= 15 is 0 Å². The molecule has 0 saturated carbocycles. The van der Waals surface area contributed by atoms with Crippen LogP contribution in [0.25, 0.3) is 0 Å². The predicted molar refractivity (Wildman–Crippen MR) is 59.5 cm³/mol. The number of ether oxygens (including phenoxy) is 1. The minimum Gasteiger partial charge on any atom is -0.491 e. The standard InChI is InChI=1S/C12H16N2O/c1-9(2)15-12-5-3-10(4-6-12)7-11(14)8-13/h3-6,9,11H,7,14H2,1-2H3/t11-/m0/s1. The average Bonchev–Trinajstić information content (AvgIpc) is 2.20. The lowest BCUT2D eigenvalue weighted by molar-refractivity contribution is 0.242. The van der Waals surface area contributed by atoms with Crippen LogP contribution in [0.2, 0.25) is 0 Å². The third-order valence-electron chi connectivity index (χ3n) is 1.92. The molecule has 0 aliphatic rings. The van der Waals surface area contributed by atoms with E-state index in [9.17, 15) is 0 Å². The molecule has 1 atom stereocenters. The molecule has 0 amide bonds. The van der Waals surface area contributed by atoms with Crippen molar-refractivity contribution in [2.75, 3.05) is 0 Å². The lowest BCUT2D eigenvalue weighted by Crippen LogP contribution is -2.19. The molecule has 0 saturated heterocycles. The Hall–Kier alpha value is -1.53. The van der Waals surface area contributed by atoms with E-state index in [1.807, 2.05) is 44.2 Å². The third kappa shape index (κ3) is 4.01. The molecule has 0 radical (unpaired) electrons. The van der Waals surface area contributed by atoms with E-state index < -0.39 is 6.04 Å². The minimum atomic E-state index is -0.429. The number of benzene rings is 1. The van der Waals surface area contributed by atoms with Crippen molar-refractivity contribution in [2.24, 2.45) is 5.73 Å². The molecule has 3 nitrogen and oxygen atoms in total. The Bertz CT molecular complexity index is 338. The lowest BCUT2D eigenvalue weighted by Gasteiger charge is -2.10. The van der Waals surface area contributed by atoms with Gasteiger partial charge in [-0.05, 0) is 31.5 Å². The maximum absolute atomic E-state index is 8.57. The summed E-state index contributed by atoms with van der Waals surface area (Å²) < 4.78 is 5.50. The van der Waals surface area contributed by atoms with Gasteiger partial charge in [0, 0.05) is 6.42 Å².